The monoisotopic (exact) mass is 202 g/mol. The minimum atomic E-state index is -0.665. The van der Waals surface area contributed by atoms with Crippen molar-refractivity contribution in [3.63, 3.8) is 0 Å². The van der Waals surface area contributed by atoms with Gasteiger partial charge in [0.25, 0.3) is 0 Å². The first kappa shape index (κ1) is 10.6. The minimum absolute atomic E-state index is 0.524. The number of carboxylic acids is 1. The molecule has 0 bridgehead atoms. The van der Waals surface area contributed by atoms with Crippen LogP contribution in [-0.2, 0) is 4.79 Å². The molecule has 0 heterocycles. The van der Waals surface area contributed by atoms with Gasteiger partial charge in [0.2, 0.25) is 0 Å². The van der Waals surface area contributed by atoms with Crippen LogP contribution in [0.15, 0.2) is 11.6 Å². The van der Waals surface area contributed by atoms with Crippen molar-refractivity contribution in [1.82, 2.24) is 0 Å². The Morgan fingerprint density at radius 1 is 1.38 bits per heavy atom. The highest BCUT2D eigenvalue weighted by molar-refractivity contribution is 6.25. The molecule has 1 saturated carbocycles. The summed E-state index contributed by atoms with van der Waals surface area (Å²) in [6.07, 6.45) is 7.14. The van der Waals surface area contributed by atoms with Gasteiger partial charge in [0.1, 0.15) is 0 Å². The van der Waals surface area contributed by atoms with E-state index in [4.69, 9.17) is 16.7 Å². The summed E-state index contributed by atoms with van der Waals surface area (Å²) in [6, 6.07) is 0. The highest BCUT2D eigenvalue weighted by Gasteiger charge is 2.38. The topological polar surface area (TPSA) is 37.3 Å². The molecule has 1 fully saturated rings. The lowest BCUT2D eigenvalue weighted by molar-refractivity contribution is -0.150. The number of allylic oxidation sites excluding steroid dienone is 1. The van der Waals surface area contributed by atoms with Crippen molar-refractivity contribution in [3.8, 4) is 0 Å². The summed E-state index contributed by atoms with van der Waals surface area (Å²) in [4.78, 5) is 11.1. The molecule has 2 nitrogen and oxygen atoms in total. The van der Waals surface area contributed by atoms with Crippen molar-refractivity contribution in [1.29, 1.82) is 0 Å². The van der Waals surface area contributed by atoms with E-state index in [0.29, 0.717) is 6.42 Å². The summed E-state index contributed by atoms with van der Waals surface area (Å²) < 4.78 is 0. The zero-order valence-corrected chi connectivity index (χ0v) is 8.39. The number of aliphatic carboxylic acids is 1. The Morgan fingerprint density at radius 3 is 2.46 bits per heavy atom. The van der Waals surface area contributed by atoms with E-state index in [1.54, 1.807) is 6.08 Å². The first-order valence-electron chi connectivity index (χ1n) is 4.70. The summed E-state index contributed by atoms with van der Waals surface area (Å²) in [5.74, 6) is -0.665. The van der Waals surface area contributed by atoms with E-state index in [9.17, 15) is 4.79 Å². The Bertz CT molecular complexity index is 205. The molecule has 0 spiro atoms. The molecule has 1 aliphatic rings. The fraction of sp³-hybridized carbons (Fsp3) is 0.700. The normalized spacial score (nSPS) is 21.9. The van der Waals surface area contributed by atoms with Crippen LogP contribution in [-0.4, -0.2) is 11.1 Å². The second kappa shape index (κ2) is 4.66. The third-order valence-corrected chi connectivity index (χ3v) is 3.04. The Morgan fingerprint density at radius 2 is 2.00 bits per heavy atom. The van der Waals surface area contributed by atoms with Gasteiger partial charge in [0.15, 0.2) is 0 Å². The number of carboxylic acid groups (broad SMARTS) is 1. The van der Waals surface area contributed by atoms with Gasteiger partial charge in [-0.15, -0.1) is 0 Å². The molecule has 0 saturated heterocycles. The minimum Gasteiger partial charge on any atom is -0.481 e. The van der Waals surface area contributed by atoms with E-state index >= 15 is 0 Å². The van der Waals surface area contributed by atoms with Gasteiger partial charge in [-0.1, -0.05) is 36.9 Å². The number of carbonyl (C=O) groups is 1. The van der Waals surface area contributed by atoms with Crippen LogP contribution in [0.25, 0.3) is 0 Å². The first-order valence-corrected chi connectivity index (χ1v) is 5.13. The highest BCUT2D eigenvalue weighted by Crippen LogP contribution is 2.39. The predicted octanol–water partition coefficient (Wildman–Crippen LogP) is 3.16. The van der Waals surface area contributed by atoms with Crippen LogP contribution in [0.5, 0.6) is 0 Å². The Labute approximate surface area is 83.6 Å². The lowest BCUT2D eigenvalue weighted by Gasteiger charge is -2.31. The zero-order chi connectivity index (χ0) is 9.73. The van der Waals surface area contributed by atoms with E-state index < -0.39 is 11.4 Å². The molecule has 0 amide bonds. The molecule has 1 N–H and O–H groups in total. The predicted molar refractivity (Wildman–Crippen MR) is 52.8 cm³/mol. The number of hydrogen-bond acceptors (Lipinski definition) is 1. The smallest absolute Gasteiger partial charge is 0.309 e. The first-order chi connectivity index (χ1) is 6.21. The number of hydrogen-bond donors (Lipinski definition) is 1. The van der Waals surface area contributed by atoms with Gasteiger partial charge in [-0.3, -0.25) is 4.79 Å². The molecule has 0 aromatic heterocycles. The lowest BCUT2D eigenvalue weighted by Crippen LogP contribution is -2.32. The average molecular weight is 203 g/mol. The largest absolute Gasteiger partial charge is 0.481 e. The van der Waals surface area contributed by atoms with Crippen molar-refractivity contribution in [3.05, 3.63) is 11.6 Å². The van der Waals surface area contributed by atoms with Gasteiger partial charge in [-0.2, -0.15) is 0 Å². The molecule has 74 valence electrons. The molecule has 13 heavy (non-hydrogen) atoms. The molecule has 0 radical (unpaired) electrons. The van der Waals surface area contributed by atoms with Gasteiger partial charge in [0.05, 0.1) is 5.41 Å². The van der Waals surface area contributed by atoms with E-state index in [2.05, 4.69) is 0 Å². The van der Waals surface area contributed by atoms with Gasteiger partial charge in [-0.25, -0.2) is 0 Å². The SMILES string of the molecule is O=C(O)C1(C/C=C/Cl)CCCCC1. The fourth-order valence-electron chi connectivity index (χ4n) is 2.00. The summed E-state index contributed by atoms with van der Waals surface area (Å²) in [7, 11) is 0. The molecule has 1 aliphatic carbocycles. The molecule has 1 rings (SSSR count). The summed E-state index contributed by atoms with van der Waals surface area (Å²) in [5.41, 5.74) is 0.892. The van der Waals surface area contributed by atoms with Gasteiger partial charge in [-0.05, 0) is 19.3 Å². The Balaban J connectivity index is 2.67. The standard InChI is InChI=1S/C10H15ClO2/c11-8-4-7-10(9(12)13)5-2-1-3-6-10/h4,8H,1-3,5-7H2,(H,12,13)/b8-4+. The van der Waals surface area contributed by atoms with Crippen LogP contribution in [0.2, 0.25) is 0 Å². The molecule has 3 heteroatoms. The van der Waals surface area contributed by atoms with E-state index in [-0.39, 0.29) is 0 Å². The van der Waals surface area contributed by atoms with E-state index in [1.165, 1.54) is 12.0 Å². The lowest BCUT2D eigenvalue weighted by atomic mass is 9.72. The van der Waals surface area contributed by atoms with Crippen molar-refractivity contribution in [2.75, 3.05) is 0 Å². The zero-order valence-electron chi connectivity index (χ0n) is 7.63. The maximum absolute atomic E-state index is 11.1. The maximum atomic E-state index is 11.1. The summed E-state index contributed by atoms with van der Waals surface area (Å²) in [5, 5.41) is 9.14. The second-order valence-electron chi connectivity index (χ2n) is 3.71. The van der Waals surface area contributed by atoms with Crippen LogP contribution >= 0.6 is 11.6 Å². The third kappa shape index (κ3) is 2.47. The Kier molecular flexibility index (Phi) is 3.79. The highest BCUT2D eigenvalue weighted by atomic mass is 35.5. The molecule has 0 aromatic carbocycles. The van der Waals surface area contributed by atoms with Crippen LogP contribution < -0.4 is 0 Å². The van der Waals surface area contributed by atoms with Crippen LogP contribution in [0.3, 0.4) is 0 Å². The number of halogens is 1. The maximum Gasteiger partial charge on any atom is 0.309 e. The second-order valence-corrected chi connectivity index (χ2v) is 3.96. The molecule has 0 unspecified atom stereocenters. The Hall–Kier alpha value is -0.500. The van der Waals surface area contributed by atoms with E-state index in [0.717, 1.165) is 25.7 Å². The quantitative estimate of drug-likeness (QED) is 0.764. The number of rotatable bonds is 3. The van der Waals surface area contributed by atoms with Crippen molar-refractivity contribution < 1.29 is 9.90 Å². The van der Waals surface area contributed by atoms with Gasteiger partial charge < -0.3 is 5.11 Å². The fourth-order valence-corrected chi connectivity index (χ4v) is 2.09. The van der Waals surface area contributed by atoms with E-state index in [1.807, 2.05) is 0 Å². The van der Waals surface area contributed by atoms with Gasteiger partial charge in [0, 0.05) is 5.54 Å². The molecular weight excluding hydrogens is 188 g/mol. The molecule has 0 aromatic rings. The van der Waals surface area contributed by atoms with Crippen LogP contribution in [0.1, 0.15) is 38.5 Å². The summed E-state index contributed by atoms with van der Waals surface area (Å²) >= 11 is 5.41. The average Bonchev–Trinajstić information content (AvgIpc) is 2.16. The van der Waals surface area contributed by atoms with Crippen LogP contribution in [0, 0.1) is 5.41 Å². The van der Waals surface area contributed by atoms with Crippen molar-refractivity contribution >= 4 is 17.6 Å². The third-order valence-electron chi connectivity index (χ3n) is 2.86. The van der Waals surface area contributed by atoms with Crippen LogP contribution in [0.4, 0.5) is 0 Å². The molecular formula is C10H15ClO2. The molecule has 0 atom stereocenters. The van der Waals surface area contributed by atoms with Crippen molar-refractivity contribution in [2.24, 2.45) is 5.41 Å². The molecule has 0 aliphatic heterocycles. The van der Waals surface area contributed by atoms with Crippen molar-refractivity contribution in [2.45, 2.75) is 38.5 Å². The van der Waals surface area contributed by atoms with Gasteiger partial charge >= 0.3 is 5.97 Å². The summed E-state index contributed by atoms with van der Waals surface area (Å²) in [6.45, 7) is 0.